The molecule has 1 aromatic rings. The van der Waals surface area contributed by atoms with Crippen LogP contribution in [0.15, 0.2) is 22.7 Å². The summed E-state index contributed by atoms with van der Waals surface area (Å²) in [4.78, 5) is 0. The quantitative estimate of drug-likeness (QED) is 0.896. The molecular formula is C15H20BrN. The molecule has 1 saturated carbocycles. The van der Waals surface area contributed by atoms with Gasteiger partial charge in [0, 0.05) is 16.6 Å². The highest BCUT2D eigenvalue weighted by Crippen LogP contribution is 2.35. The van der Waals surface area contributed by atoms with Crippen LogP contribution in [0, 0.1) is 5.92 Å². The highest BCUT2D eigenvalue weighted by molar-refractivity contribution is 9.10. The van der Waals surface area contributed by atoms with Crippen LogP contribution in [0.25, 0.3) is 0 Å². The summed E-state index contributed by atoms with van der Waals surface area (Å²) < 4.78 is 1.22. The van der Waals surface area contributed by atoms with Gasteiger partial charge in [0.1, 0.15) is 0 Å². The number of hydrogen-bond donors (Lipinski definition) is 1. The molecular weight excluding hydrogens is 274 g/mol. The van der Waals surface area contributed by atoms with E-state index in [9.17, 15) is 0 Å². The van der Waals surface area contributed by atoms with Gasteiger partial charge in [-0.05, 0) is 54.9 Å². The minimum Gasteiger partial charge on any atom is -0.311 e. The van der Waals surface area contributed by atoms with Crippen molar-refractivity contribution in [2.75, 3.05) is 0 Å². The Kier molecular flexibility index (Phi) is 3.27. The molecule has 92 valence electrons. The molecule has 17 heavy (non-hydrogen) atoms. The second-order valence-corrected chi connectivity index (χ2v) is 6.45. The van der Waals surface area contributed by atoms with E-state index in [1.165, 1.54) is 36.6 Å². The molecule has 3 unspecified atom stereocenters. The number of rotatable bonds is 3. The molecule has 1 nitrogen and oxygen atoms in total. The Hall–Kier alpha value is -0.340. The summed E-state index contributed by atoms with van der Waals surface area (Å²) in [5.41, 5.74) is 3.09. The van der Waals surface area contributed by atoms with Crippen molar-refractivity contribution in [1.82, 2.24) is 5.32 Å². The minimum atomic E-state index is 0.713. The molecule has 0 aliphatic heterocycles. The standard InChI is InChI=1S/C15H20BrN/c1-2-10-9-15(10)17-14-6-4-11-7-13(16)5-3-12(11)8-14/h3,5,7,10,14-15,17H,2,4,6,8-9H2,1H3. The molecule has 0 bridgehead atoms. The monoisotopic (exact) mass is 293 g/mol. The predicted octanol–water partition coefficient (Wildman–Crippen LogP) is 3.69. The summed E-state index contributed by atoms with van der Waals surface area (Å²) in [5, 5.41) is 3.84. The summed E-state index contributed by atoms with van der Waals surface area (Å²) in [6.45, 7) is 2.31. The van der Waals surface area contributed by atoms with E-state index in [0.717, 1.165) is 12.0 Å². The molecule has 0 radical (unpaired) electrons. The normalized spacial score (nSPS) is 31.1. The molecule has 1 N–H and O–H groups in total. The summed E-state index contributed by atoms with van der Waals surface area (Å²) >= 11 is 3.56. The molecule has 2 aliphatic rings. The van der Waals surface area contributed by atoms with Crippen molar-refractivity contribution in [1.29, 1.82) is 0 Å². The maximum atomic E-state index is 3.84. The second kappa shape index (κ2) is 4.74. The summed E-state index contributed by atoms with van der Waals surface area (Å²) in [5.74, 6) is 0.960. The lowest BCUT2D eigenvalue weighted by Gasteiger charge is -2.26. The molecule has 2 heteroatoms. The van der Waals surface area contributed by atoms with Crippen LogP contribution in [0.2, 0.25) is 0 Å². The Morgan fingerprint density at radius 3 is 3.00 bits per heavy atom. The SMILES string of the molecule is CCC1CC1NC1CCc2cc(Br)ccc2C1. The van der Waals surface area contributed by atoms with Crippen LogP contribution in [-0.4, -0.2) is 12.1 Å². The predicted molar refractivity (Wildman–Crippen MR) is 75.3 cm³/mol. The fourth-order valence-electron chi connectivity index (χ4n) is 3.07. The Morgan fingerprint density at radius 1 is 1.35 bits per heavy atom. The molecule has 2 aliphatic carbocycles. The summed E-state index contributed by atoms with van der Waals surface area (Å²) in [7, 11) is 0. The zero-order valence-electron chi connectivity index (χ0n) is 10.4. The Balaban J connectivity index is 1.63. The molecule has 3 atom stereocenters. The minimum absolute atomic E-state index is 0.713. The van der Waals surface area contributed by atoms with Crippen molar-refractivity contribution in [2.45, 2.75) is 51.1 Å². The van der Waals surface area contributed by atoms with Crippen LogP contribution in [0.1, 0.15) is 37.3 Å². The van der Waals surface area contributed by atoms with Crippen molar-refractivity contribution in [3.8, 4) is 0 Å². The highest BCUT2D eigenvalue weighted by Gasteiger charge is 2.36. The van der Waals surface area contributed by atoms with Gasteiger partial charge in [-0.2, -0.15) is 0 Å². The van der Waals surface area contributed by atoms with Gasteiger partial charge in [0.15, 0.2) is 0 Å². The molecule has 3 rings (SSSR count). The fraction of sp³-hybridized carbons (Fsp3) is 0.600. The first-order chi connectivity index (χ1) is 8.26. The van der Waals surface area contributed by atoms with Gasteiger partial charge < -0.3 is 5.32 Å². The van der Waals surface area contributed by atoms with Crippen molar-refractivity contribution in [3.63, 3.8) is 0 Å². The first kappa shape index (κ1) is 11.7. The second-order valence-electron chi connectivity index (χ2n) is 5.53. The van der Waals surface area contributed by atoms with Crippen LogP contribution in [0.4, 0.5) is 0 Å². The summed E-state index contributed by atoms with van der Waals surface area (Å²) in [6, 6.07) is 8.29. The lowest BCUT2D eigenvalue weighted by atomic mass is 9.88. The van der Waals surface area contributed by atoms with Gasteiger partial charge in [-0.1, -0.05) is 35.3 Å². The smallest absolute Gasteiger partial charge is 0.0178 e. The largest absolute Gasteiger partial charge is 0.311 e. The van der Waals surface area contributed by atoms with Gasteiger partial charge in [-0.3, -0.25) is 0 Å². The molecule has 0 amide bonds. The molecule has 0 aromatic heterocycles. The Labute approximate surface area is 112 Å². The van der Waals surface area contributed by atoms with Crippen LogP contribution in [-0.2, 0) is 12.8 Å². The van der Waals surface area contributed by atoms with Crippen molar-refractivity contribution in [2.24, 2.45) is 5.92 Å². The van der Waals surface area contributed by atoms with E-state index in [1.807, 2.05) is 0 Å². The molecule has 0 spiro atoms. The number of halogens is 1. The third kappa shape index (κ3) is 2.58. The lowest BCUT2D eigenvalue weighted by molar-refractivity contribution is 0.442. The average Bonchev–Trinajstić information content (AvgIpc) is 3.08. The highest BCUT2D eigenvalue weighted by atomic mass is 79.9. The van der Waals surface area contributed by atoms with Crippen molar-refractivity contribution in [3.05, 3.63) is 33.8 Å². The van der Waals surface area contributed by atoms with Gasteiger partial charge >= 0.3 is 0 Å². The van der Waals surface area contributed by atoms with E-state index in [-0.39, 0.29) is 0 Å². The Morgan fingerprint density at radius 2 is 2.24 bits per heavy atom. The third-order valence-electron chi connectivity index (χ3n) is 4.29. The summed E-state index contributed by atoms with van der Waals surface area (Å²) in [6.07, 6.45) is 6.50. The maximum absolute atomic E-state index is 3.84. The molecule has 0 saturated heterocycles. The molecule has 1 aromatic carbocycles. The first-order valence-electron chi connectivity index (χ1n) is 6.79. The van der Waals surface area contributed by atoms with E-state index in [2.05, 4.69) is 46.4 Å². The first-order valence-corrected chi connectivity index (χ1v) is 7.59. The van der Waals surface area contributed by atoms with Crippen molar-refractivity contribution < 1.29 is 0 Å². The van der Waals surface area contributed by atoms with E-state index >= 15 is 0 Å². The van der Waals surface area contributed by atoms with E-state index in [0.29, 0.717) is 6.04 Å². The van der Waals surface area contributed by atoms with Gasteiger partial charge in [-0.25, -0.2) is 0 Å². The number of nitrogens with one attached hydrogen (secondary N) is 1. The van der Waals surface area contributed by atoms with Crippen LogP contribution in [0.3, 0.4) is 0 Å². The molecule has 1 fully saturated rings. The number of hydrogen-bond acceptors (Lipinski definition) is 1. The van der Waals surface area contributed by atoms with Gasteiger partial charge in [0.2, 0.25) is 0 Å². The van der Waals surface area contributed by atoms with E-state index in [1.54, 1.807) is 11.1 Å². The topological polar surface area (TPSA) is 12.0 Å². The number of fused-ring (bicyclic) bond motifs is 1. The lowest BCUT2D eigenvalue weighted by Crippen LogP contribution is -2.36. The van der Waals surface area contributed by atoms with Crippen LogP contribution in [0.5, 0.6) is 0 Å². The number of aryl methyl sites for hydroxylation is 1. The van der Waals surface area contributed by atoms with E-state index in [4.69, 9.17) is 0 Å². The van der Waals surface area contributed by atoms with Crippen molar-refractivity contribution >= 4 is 15.9 Å². The molecule has 0 heterocycles. The average molecular weight is 294 g/mol. The number of benzene rings is 1. The Bertz CT molecular complexity index is 415. The third-order valence-corrected chi connectivity index (χ3v) is 4.79. The maximum Gasteiger partial charge on any atom is 0.0178 e. The zero-order chi connectivity index (χ0) is 11.8. The van der Waals surface area contributed by atoms with Gasteiger partial charge in [0.25, 0.3) is 0 Å². The van der Waals surface area contributed by atoms with Crippen LogP contribution >= 0.6 is 15.9 Å². The van der Waals surface area contributed by atoms with Crippen LogP contribution < -0.4 is 5.32 Å². The zero-order valence-corrected chi connectivity index (χ0v) is 12.0. The van der Waals surface area contributed by atoms with Gasteiger partial charge in [0.05, 0.1) is 0 Å². The fourth-order valence-corrected chi connectivity index (χ4v) is 3.48. The van der Waals surface area contributed by atoms with E-state index < -0.39 is 0 Å². The van der Waals surface area contributed by atoms with Gasteiger partial charge in [-0.15, -0.1) is 0 Å².